The van der Waals surface area contributed by atoms with Gasteiger partial charge in [0.05, 0.1) is 6.10 Å². The van der Waals surface area contributed by atoms with Crippen LogP contribution in [0.3, 0.4) is 0 Å². The normalized spacial score (nSPS) is 16.1. The highest BCUT2D eigenvalue weighted by Crippen LogP contribution is 2.15. The molecule has 0 N–H and O–H groups in total. The average Bonchev–Trinajstić information content (AvgIpc) is 2.43. The van der Waals surface area contributed by atoms with Crippen molar-refractivity contribution in [1.29, 1.82) is 0 Å². The maximum absolute atomic E-state index is 11.8. The van der Waals surface area contributed by atoms with Crippen LogP contribution in [0.2, 0.25) is 0 Å². The van der Waals surface area contributed by atoms with E-state index in [4.69, 9.17) is 9.47 Å². The maximum atomic E-state index is 11.8. The Bertz CT molecular complexity index is 406. The molecule has 5 nitrogen and oxygen atoms in total. The Labute approximate surface area is 119 Å². The second-order valence-corrected chi connectivity index (χ2v) is 4.63. The van der Waals surface area contributed by atoms with Gasteiger partial charge in [0.1, 0.15) is 12.4 Å². The van der Waals surface area contributed by atoms with Crippen LogP contribution in [-0.2, 0) is 14.3 Å². The van der Waals surface area contributed by atoms with Gasteiger partial charge < -0.3 is 14.4 Å². The topological polar surface area (TPSA) is 55.8 Å². The van der Waals surface area contributed by atoms with E-state index in [2.05, 4.69) is 13.2 Å². The van der Waals surface area contributed by atoms with E-state index in [1.807, 2.05) is 0 Å². The molecule has 0 unspecified atom stereocenters. The average molecular weight is 279 g/mol. The van der Waals surface area contributed by atoms with Crippen LogP contribution in [0.25, 0.3) is 0 Å². The minimum Gasteiger partial charge on any atom is -0.411 e. The van der Waals surface area contributed by atoms with E-state index in [1.54, 1.807) is 23.1 Å². The first-order valence-electron chi connectivity index (χ1n) is 6.58. The first-order valence-corrected chi connectivity index (χ1v) is 6.58. The molecule has 1 saturated heterocycles. The van der Waals surface area contributed by atoms with Gasteiger partial charge in [-0.1, -0.05) is 25.3 Å². The number of hydrogen-bond donors (Lipinski definition) is 0. The van der Waals surface area contributed by atoms with Crippen LogP contribution in [0.4, 0.5) is 4.79 Å². The van der Waals surface area contributed by atoms with Crippen LogP contribution in [0.5, 0.6) is 0 Å². The third-order valence-electron chi connectivity index (χ3n) is 2.86. The summed E-state index contributed by atoms with van der Waals surface area (Å²) in [4.78, 5) is 24.3. The number of piperidine rings is 1. The predicted octanol–water partition coefficient (Wildman–Crippen LogP) is 2.45. The minimum absolute atomic E-state index is 0.0112. The zero-order valence-corrected chi connectivity index (χ0v) is 11.8. The lowest BCUT2D eigenvalue weighted by Gasteiger charge is -2.30. The SMILES string of the molecule is C=C/C=C\C(=C)OC(=O)N1CCC(OCC(C)=O)CC1. The standard InChI is InChI=1S/C15H21NO4/c1-4-5-6-13(3)20-15(18)16-9-7-14(8-10-16)19-11-12(2)17/h4-6,14H,1,3,7-11H2,2H3/b6-5-. The fourth-order valence-electron chi connectivity index (χ4n) is 1.83. The zero-order chi connectivity index (χ0) is 15.0. The Balaban J connectivity index is 2.31. The molecule has 0 aromatic rings. The highest BCUT2D eigenvalue weighted by Gasteiger charge is 2.24. The number of Topliss-reactive ketones (excluding diaryl/α,β-unsaturated/α-hetero) is 1. The molecule has 1 rings (SSSR count). The lowest BCUT2D eigenvalue weighted by atomic mass is 10.1. The smallest absolute Gasteiger partial charge is 0.411 e. The van der Waals surface area contributed by atoms with Crippen LogP contribution in [0.1, 0.15) is 19.8 Å². The number of carbonyl (C=O) groups is 2. The Morgan fingerprint density at radius 2 is 2.00 bits per heavy atom. The Morgan fingerprint density at radius 3 is 2.55 bits per heavy atom. The van der Waals surface area contributed by atoms with E-state index in [0.717, 1.165) is 0 Å². The molecular formula is C15H21NO4. The van der Waals surface area contributed by atoms with Crippen LogP contribution in [0, 0.1) is 0 Å². The molecule has 0 aromatic carbocycles. The van der Waals surface area contributed by atoms with Crippen LogP contribution >= 0.6 is 0 Å². The van der Waals surface area contributed by atoms with Crippen molar-refractivity contribution in [2.24, 2.45) is 0 Å². The summed E-state index contributed by atoms with van der Waals surface area (Å²) in [6, 6.07) is 0. The van der Waals surface area contributed by atoms with Gasteiger partial charge in [0.25, 0.3) is 0 Å². The van der Waals surface area contributed by atoms with E-state index >= 15 is 0 Å². The molecule has 1 aliphatic rings. The molecule has 0 atom stereocenters. The molecule has 0 spiro atoms. The van der Waals surface area contributed by atoms with Crippen LogP contribution in [0.15, 0.2) is 37.1 Å². The van der Waals surface area contributed by atoms with Gasteiger partial charge in [-0.05, 0) is 25.8 Å². The zero-order valence-electron chi connectivity index (χ0n) is 11.8. The molecule has 0 saturated carbocycles. The van der Waals surface area contributed by atoms with Gasteiger partial charge in [0, 0.05) is 13.1 Å². The number of allylic oxidation sites excluding steroid dienone is 3. The molecule has 5 heteroatoms. The summed E-state index contributed by atoms with van der Waals surface area (Å²) in [6.07, 6.45) is 5.84. The van der Waals surface area contributed by atoms with Crippen molar-refractivity contribution >= 4 is 11.9 Å². The van der Waals surface area contributed by atoms with Gasteiger partial charge in [-0.15, -0.1) is 0 Å². The first-order chi connectivity index (χ1) is 9.52. The second kappa shape index (κ2) is 8.32. The second-order valence-electron chi connectivity index (χ2n) is 4.63. The summed E-state index contributed by atoms with van der Waals surface area (Å²) in [5.41, 5.74) is 0. The monoisotopic (exact) mass is 279 g/mol. The van der Waals surface area contributed by atoms with E-state index in [-0.39, 0.29) is 24.3 Å². The number of ether oxygens (including phenoxy) is 2. The summed E-state index contributed by atoms with van der Waals surface area (Å²) in [6.45, 7) is 9.89. The highest BCUT2D eigenvalue weighted by molar-refractivity contribution is 5.76. The number of carbonyl (C=O) groups excluding carboxylic acids is 2. The molecule has 0 radical (unpaired) electrons. The molecule has 1 amide bonds. The maximum Gasteiger partial charge on any atom is 0.415 e. The number of ketones is 1. The van der Waals surface area contributed by atoms with Gasteiger partial charge in [-0.25, -0.2) is 4.79 Å². The number of nitrogens with zero attached hydrogens (tertiary/aromatic N) is 1. The summed E-state index contributed by atoms with van der Waals surface area (Å²) in [5.74, 6) is 0.294. The quantitative estimate of drug-likeness (QED) is 0.553. The van der Waals surface area contributed by atoms with Gasteiger partial charge >= 0.3 is 6.09 Å². The fourth-order valence-corrected chi connectivity index (χ4v) is 1.83. The molecule has 1 aliphatic heterocycles. The number of amides is 1. The van der Waals surface area contributed by atoms with Crippen LogP contribution in [-0.4, -0.2) is 42.6 Å². The summed E-state index contributed by atoms with van der Waals surface area (Å²) >= 11 is 0. The summed E-state index contributed by atoms with van der Waals surface area (Å²) in [5, 5.41) is 0. The van der Waals surface area contributed by atoms with Crippen molar-refractivity contribution in [1.82, 2.24) is 4.90 Å². The number of rotatable bonds is 6. The van der Waals surface area contributed by atoms with Crippen molar-refractivity contribution in [2.75, 3.05) is 19.7 Å². The molecule has 110 valence electrons. The Morgan fingerprint density at radius 1 is 1.35 bits per heavy atom. The lowest BCUT2D eigenvalue weighted by Crippen LogP contribution is -2.41. The first kappa shape index (κ1) is 16.2. The molecule has 20 heavy (non-hydrogen) atoms. The number of likely N-dealkylation sites (tertiary alicyclic amines) is 1. The van der Waals surface area contributed by atoms with Gasteiger partial charge in [-0.3, -0.25) is 4.79 Å². The third kappa shape index (κ3) is 5.84. The molecule has 0 bridgehead atoms. The predicted molar refractivity (Wildman–Crippen MR) is 76.2 cm³/mol. The third-order valence-corrected chi connectivity index (χ3v) is 2.86. The van der Waals surface area contributed by atoms with Crippen molar-refractivity contribution < 1.29 is 19.1 Å². The summed E-state index contributed by atoms with van der Waals surface area (Å²) < 4.78 is 10.5. The largest absolute Gasteiger partial charge is 0.415 e. The van der Waals surface area contributed by atoms with Gasteiger partial charge in [0.15, 0.2) is 5.78 Å². The molecule has 1 heterocycles. The van der Waals surface area contributed by atoms with Gasteiger partial charge in [-0.2, -0.15) is 0 Å². The molecule has 0 aromatic heterocycles. The summed E-state index contributed by atoms with van der Waals surface area (Å²) in [7, 11) is 0. The van der Waals surface area contributed by atoms with E-state index in [9.17, 15) is 9.59 Å². The van der Waals surface area contributed by atoms with Gasteiger partial charge in [0.2, 0.25) is 0 Å². The fraction of sp³-hybridized carbons (Fsp3) is 0.467. The van der Waals surface area contributed by atoms with E-state index < -0.39 is 6.09 Å². The number of hydrogen-bond acceptors (Lipinski definition) is 4. The highest BCUT2D eigenvalue weighted by atomic mass is 16.6. The molecule has 1 fully saturated rings. The van der Waals surface area contributed by atoms with Crippen molar-refractivity contribution in [3.8, 4) is 0 Å². The van der Waals surface area contributed by atoms with Crippen molar-refractivity contribution in [2.45, 2.75) is 25.9 Å². The molecule has 0 aliphatic carbocycles. The minimum atomic E-state index is -0.409. The van der Waals surface area contributed by atoms with Crippen molar-refractivity contribution in [3.63, 3.8) is 0 Å². The Kier molecular flexibility index (Phi) is 6.73. The Hall–Kier alpha value is -1.88. The lowest BCUT2D eigenvalue weighted by molar-refractivity contribution is -0.124. The van der Waals surface area contributed by atoms with Crippen LogP contribution < -0.4 is 0 Å². The van der Waals surface area contributed by atoms with Crippen molar-refractivity contribution in [3.05, 3.63) is 37.1 Å². The van der Waals surface area contributed by atoms with E-state index in [0.29, 0.717) is 25.9 Å². The molecular weight excluding hydrogens is 258 g/mol. The van der Waals surface area contributed by atoms with E-state index in [1.165, 1.54) is 6.92 Å².